The van der Waals surface area contributed by atoms with Crippen LogP contribution in [0.5, 0.6) is 0 Å². The SMILES string of the molecule is CC.CCSc1ccc(C)cc1.CNC.Nc1ccccc1. The number of nitrogens with one attached hydrogen (secondary N) is 1. The van der Waals surface area contributed by atoms with Gasteiger partial charge in [-0.1, -0.05) is 56.7 Å². The van der Waals surface area contributed by atoms with Crippen molar-refractivity contribution in [3.63, 3.8) is 0 Å². The Kier molecular flexibility index (Phi) is 18.3. The molecular weight excluding hydrogens is 288 g/mol. The van der Waals surface area contributed by atoms with Gasteiger partial charge in [0.05, 0.1) is 0 Å². The van der Waals surface area contributed by atoms with E-state index in [1.54, 1.807) is 0 Å². The van der Waals surface area contributed by atoms with Crippen LogP contribution in [0.25, 0.3) is 0 Å². The quantitative estimate of drug-likeness (QED) is 0.587. The number of rotatable bonds is 2. The molecule has 0 heterocycles. The summed E-state index contributed by atoms with van der Waals surface area (Å²) in [6, 6.07) is 18.1. The summed E-state index contributed by atoms with van der Waals surface area (Å²) in [5.41, 5.74) is 7.51. The van der Waals surface area contributed by atoms with Crippen LogP contribution in [0.2, 0.25) is 0 Å². The van der Waals surface area contributed by atoms with E-state index in [1.165, 1.54) is 10.5 Å². The summed E-state index contributed by atoms with van der Waals surface area (Å²) in [7, 11) is 3.75. The Balaban J connectivity index is 0. The van der Waals surface area contributed by atoms with Crippen molar-refractivity contribution in [1.29, 1.82) is 0 Å². The Labute approximate surface area is 141 Å². The zero-order chi connectivity index (χ0) is 17.2. The Morgan fingerprint density at radius 2 is 1.36 bits per heavy atom. The van der Waals surface area contributed by atoms with Crippen molar-refractivity contribution in [3.05, 3.63) is 60.2 Å². The van der Waals surface area contributed by atoms with Crippen LogP contribution >= 0.6 is 11.8 Å². The highest BCUT2D eigenvalue weighted by molar-refractivity contribution is 7.99. The summed E-state index contributed by atoms with van der Waals surface area (Å²) >= 11 is 1.88. The molecular formula is C19H32N2S. The van der Waals surface area contributed by atoms with Crippen molar-refractivity contribution in [3.8, 4) is 0 Å². The maximum absolute atomic E-state index is 5.36. The zero-order valence-corrected chi connectivity index (χ0v) is 15.7. The molecule has 0 amide bonds. The fourth-order valence-electron chi connectivity index (χ4n) is 1.25. The molecule has 0 aliphatic carbocycles. The number of aryl methyl sites for hydroxylation is 1. The van der Waals surface area contributed by atoms with Crippen LogP contribution < -0.4 is 11.1 Å². The largest absolute Gasteiger partial charge is 0.399 e. The Morgan fingerprint density at radius 1 is 0.909 bits per heavy atom. The van der Waals surface area contributed by atoms with E-state index in [1.807, 2.05) is 70.0 Å². The fraction of sp³-hybridized carbons (Fsp3) is 0.368. The van der Waals surface area contributed by atoms with E-state index in [0.717, 1.165) is 11.4 Å². The number of hydrogen-bond acceptors (Lipinski definition) is 3. The van der Waals surface area contributed by atoms with Gasteiger partial charge >= 0.3 is 0 Å². The number of nitrogens with two attached hydrogens (primary N) is 1. The first kappa shape index (κ1) is 22.8. The summed E-state index contributed by atoms with van der Waals surface area (Å²) in [5.74, 6) is 1.16. The average Bonchev–Trinajstić information content (AvgIpc) is 2.54. The van der Waals surface area contributed by atoms with E-state index in [9.17, 15) is 0 Å². The predicted molar refractivity (Wildman–Crippen MR) is 105 cm³/mol. The van der Waals surface area contributed by atoms with Crippen LogP contribution in [0.15, 0.2) is 59.5 Å². The van der Waals surface area contributed by atoms with Crippen molar-refractivity contribution in [2.75, 3.05) is 25.6 Å². The summed E-state index contributed by atoms with van der Waals surface area (Å²) in [5, 5.41) is 2.75. The lowest BCUT2D eigenvalue weighted by atomic mass is 10.2. The Hall–Kier alpha value is -1.45. The second kappa shape index (κ2) is 17.6. The van der Waals surface area contributed by atoms with Crippen LogP contribution in [0.1, 0.15) is 26.3 Å². The van der Waals surface area contributed by atoms with Crippen molar-refractivity contribution < 1.29 is 0 Å². The molecule has 0 saturated heterocycles. The number of anilines is 1. The van der Waals surface area contributed by atoms with E-state index >= 15 is 0 Å². The van der Waals surface area contributed by atoms with Crippen molar-refractivity contribution >= 4 is 17.4 Å². The van der Waals surface area contributed by atoms with Gasteiger partial charge in [0.2, 0.25) is 0 Å². The second-order valence-corrected chi connectivity index (χ2v) is 5.49. The molecule has 2 rings (SSSR count). The van der Waals surface area contributed by atoms with E-state index in [4.69, 9.17) is 5.73 Å². The molecule has 0 bridgehead atoms. The van der Waals surface area contributed by atoms with Gasteiger partial charge in [0.25, 0.3) is 0 Å². The number of para-hydroxylation sites is 1. The third kappa shape index (κ3) is 14.9. The molecule has 0 aliphatic heterocycles. The first-order valence-corrected chi connectivity index (χ1v) is 8.71. The molecule has 0 fully saturated rings. The van der Waals surface area contributed by atoms with Crippen LogP contribution in [-0.2, 0) is 0 Å². The van der Waals surface area contributed by atoms with Crippen molar-refractivity contribution in [1.82, 2.24) is 5.32 Å². The first-order chi connectivity index (χ1) is 10.6. The minimum absolute atomic E-state index is 0.822. The van der Waals surface area contributed by atoms with Crippen molar-refractivity contribution in [2.24, 2.45) is 0 Å². The molecule has 0 unspecified atom stereocenters. The molecule has 22 heavy (non-hydrogen) atoms. The van der Waals surface area contributed by atoms with Crippen molar-refractivity contribution in [2.45, 2.75) is 32.6 Å². The van der Waals surface area contributed by atoms with Crippen LogP contribution in [-0.4, -0.2) is 19.8 Å². The highest BCUT2D eigenvalue weighted by Gasteiger charge is 1.88. The number of nitrogen functional groups attached to an aromatic ring is 1. The van der Waals surface area contributed by atoms with Gasteiger partial charge in [-0.25, -0.2) is 0 Å². The van der Waals surface area contributed by atoms with Gasteiger partial charge < -0.3 is 11.1 Å². The minimum Gasteiger partial charge on any atom is -0.399 e. The molecule has 3 N–H and O–H groups in total. The van der Waals surface area contributed by atoms with Gasteiger partial charge in [-0.15, -0.1) is 11.8 Å². The lowest BCUT2D eigenvalue weighted by molar-refractivity contribution is 1.02. The summed E-state index contributed by atoms with van der Waals surface area (Å²) in [4.78, 5) is 1.37. The summed E-state index contributed by atoms with van der Waals surface area (Å²) < 4.78 is 0. The molecule has 2 aromatic carbocycles. The van der Waals surface area contributed by atoms with Gasteiger partial charge in [0.15, 0.2) is 0 Å². The lowest BCUT2D eigenvalue weighted by Crippen LogP contribution is -1.89. The first-order valence-electron chi connectivity index (χ1n) is 7.72. The third-order valence-electron chi connectivity index (χ3n) is 2.13. The van der Waals surface area contributed by atoms with Gasteiger partial charge in [-0.2, -0.15) is 0 Å². The minimum atomic E-state index is 0.822. The standard InChI is InChI=1S/C9H12S.C6H7N.C2H7N.C2H6/c1-3-10-9-6-4-8(2)5-7-9;7-6-4-2-1-3-5-6;1-3-2;1-2/h4-7H,3H2,1-2H3;1-5H,7H2;3H,1-2H3;1-2H3. The maximum atomic E-state index is 5.36. The molecule has 0 saturated carbocycles. The second-order valence-electron chi connectivity index (χ2n) is 4.16. The number of thioether (sulfide) groups is 1. The van der Waals surface area contributed by atoms with Crippen LogP contribution in [0, 0.1) is 6.92 Å². The topological polar surface area (TPSA) is 38.0 Å². The van der Waals surface area contributed by atoms with Crippen LogP contribution in [0.4, 0.5) is 5.69 Å². The fourth-order valence-corrected chi connectivity index (χ4v) is 1.92. The maximum Gasteiger partial charge on any atom is 0.0313 e. The highest BCUT2D eigenvalue weighted by Crippen LogP contribution is 2.16. The number of benzene rings is 2. The number of hydrogen-bond donors (Lipinski definition) is 2. The monoisotopic (exact) mass is 320 g/mol. The molecule has 0 aliphatic rings. The molecule has 2 aromatic rings. The van der Waals surface area contributed by atoms with Gasteiger partial charge in [-0.3, -0.25) is 0 Å². The molecule has 0 spiro atoms. The predicted octanol–water partition coefficient (Wildman–Crippen LogP) is 5.24. The summed E-state index contributed by atoms with van der Waals surface area (Å²) in [6.07, 6.45) is 0. The van der Waals surface area contributed by atoms with E-state index in [0.29, 0.717) is 0 Å². The third-order valence-corrected chi connectivity index (χ3v) is 3.03. The molecule has 0 radical (unpaired) electrons. The molecule has 0 aromatic heterocycles. The van der Waals surface area contributed by atoms with E-state index in [-0.39, 0.29) is 0 Å². The van der Waals surface area contributed by atoms with E-state index in [2.05, 4.69) is 43.4 Å². The zero-order valence-electron chi connectivity index (χ0n) is 14.9. The van der Waals surface area contributed by atoms with E-state index < -0.39 is 0 Å². The summed E-state index contributed by atoms with van der Waals surface area (Å²) in [6.45, 7) is 8.28. The molecule has 3 heteroatoms. The highest BCUT2D eigenvalue weighted by atomic mass is 32.2. The molecule has 2 nitrogen and oxygen atoms in total. The Morgan fingerprint density at radius 3 is 1.68 bits per heavy atom. The Bertz CT molecular complexity index is 427. The van der Waals surface area contributed by atoms with Gasteiger partial charge in [0, 0.05) is 10.6 Å². The normalized spacial score (nSPS) is 8.27. The smallest absolute Gasteiger partial charge is 0.0313 e. The molecule has 124 valence electrons. The van der Waals surface area contributed by atoms with Gasteiger partial charge in [0.1, 0.15) is 0 Å². The lowest BCUT2D eigenvalue weighted by Gasteiger charge is -1.96. The van der Waals surface area contributed by atoms with Crippen LogP contribution in [0.3, 0.4) is 0 Å². The average molecular weight is 321 g/mol. The van der Waals surface area contributed by atoms with Gasteiger partial charge in [-0.05, 0) is 51.0 Å². The molecule has 0 atom stereocenters.